The molecule has 1 aliphatic rings. The topological polar surface area (TPSA) is 27.1 Å². The van der Waals surface area contributed by atoms with Gasteiger partial charge in [0.05, 0.1) is 22.2 Å². The van der Waals surface area contributed by atoms with Gasteiger partial charge in [0.2, 0.25) is 0 Å². The number of hydrogen-bond donors (Lipinski definition) is 0. The summed E-state index contributed by atoms with van der Waals surface area (Å²) in [6.07, 6.45) is 3.19. The summed E-state index contributed by atoms with van der Waals surface area (Å²) in [6, 6.07) is 6.30. The lowest BCUT2D eigenvalue weighted by Gasteiger charge is -2.37. The number of hydrogen-bond acceptors (Lipinski definition) is 2. The molecule has 0 aliphatic heterocycles. The van der Waals surface area contributed by atoms with Crippen molar-refractivity contribution in [2.24, 2.45) is 0 Å². The lowest BCUT2D eigenvalue weighted by Crippen LogP contribution is -2.34. The first kappa shape index (κ1) is 14.2. The predicted octanol–water partition coefficient (Wildman–Crippen LogP) is 4.21. The molecule has 1 fully saturated rings. The van der Waals surface area contributed by atoms with Gasteiger partial charge in [0, 0.05) is 24.9 Å². The molecule has 0 atom stereocenters. The van der Waals surface area contributed by atoms with Gasteiger partial charge in [0.25, 0.3) is 0 Å². The van der Waals surface area contributed by atoms with Crippen molar-refractivity contribution in [1.29, 1.82) is 0 Å². The molecule has 0 saturated heterocycles. The fourth-order valence-corrected chi connectivity index (χ4v) is 3.36. The Morgan fingerprint density at radius 2 is 2.20 bits per heavy atom. The van der Waals surface area contributed by atoms with Gasteiger partial charge in [-0.2, -0.15) is 0 Å². The van der Waals surface area contributed by atoms with Gasteiger partial charge in [-0.25, -0.2) is 4.98 Å². The van der Waals surface area contributed by atoms with E-state index in [0.29, 0.717) is 18.0 Å². The minimum atomic E-state index is 0.369. The standard InChI is InChI=1S/C15H18Cl2N2O/c1-2-20-11-8-10(9-11)19-14(6-7-16)18-13-5-3-4-12(17)15(13)19/h3-5,10-11H,2,6-9H2,1H3. The molecule has 108 valence electrons. The van der Waals surface area contributed by atoms with Crippen LogP contribution in [0.1, 0.15) is 31.6 Å². The van der Waals surface area contributed by atoms with Crippen LogP contribution in [0.15, 0.2) is 18.2 Å². The molecule has 0 unspecified atom stereocenters. The van der Waals surface area contributed by atoms with E-state index >= 15 is 0 Å². The Balaban J connectivity index is 1.97. The van der Waals surface area contributed by atoms with Gasteiger partial charge in [0.15, 0.2) is 0 Å². The number of imidazole rings is 1. The number of benzene rings is 1. The third kappa shape index (κ3) is 2.43. The Morgan fingerprint density at radius 1 is 1.40 bits per heavy atom. The largest absolute Gasteiger partial charge is 0.378 e. The Bertz CT molecular complexity index is 605. The summed E-state index contributed by atoms with van der Waals surface area (Å²) >= 11 is 12.3. The Morgan fingerprint density at radius 3 is 2.90 bits per heavy atom. The van der Waals surface area contributed by atoms with Gasteiger partial charge < -0.3 is 9.30 Å². The van der Waals surface area contributed by atoms with Crippen LogP contribution in [0.25, 0.3) is 11.0 Å². The number of aromatic nitrogens is 2. The molecule has 3 rings (SSSR count). The van der Waals surface area contributed by atoms with Crippen molar-refractivity contribution < 1.29 is 4.74 Å². The first-order valence-corrected chi connectivity index (χ1v) is 7.98. The van der Waals surface area contributed by atoms with Crippen LogP contribution in [0, 0.1) is 0 Å². The minimum Gasteiger partial charge on any atom is -0.378 e. The maximum atomic E-state index is 6.37. The molecule has 1 saturated carbocycles. The normalized spacial score (nSPS) is 22.1. The van der Waals surface area contributed by atoms with Crippen molar-refractivity contribution in [2.45, 2.75) is 38.3 Å². The fourth-order valence-electron chi connectivity index (χ4n) is 2.93. The summed E-state index contributed by atoms with van der Waals surface area (Å²) in [5.41, 5.74) is 1.99. The Kier molecular flexibility index (Phi) is 4.20. The van der Waals surface area contributed by atoms with Gasteiger partial charge >= 0.3 is 0 Å². The van der Waals surface area contributed by atoms with E-state index in [1.807, 2.05) is 25.1 Å². The molecule has 0 radical (unpaired) electrons. The maximum Gasteiger partial charge on any atom is 0.111 e. The zero-order valence-corrected chi connectivity index (χ0v) is 13.0. The number of rotatable bonds is 5. The summed E-state index contributed by atoms with van der Waals surface area (Å²) in [4.78, 5) is 4.69. The molecule has 20 heavy (non-hydrogen) atoms. The van der Waals surface area contributed by atoms with E-state index in [1.165, 1.54) is 0 Å². The van der Waals surface area contributed by atoms with E-state index in [4.69, 9.17) is 32.9 Å². The second-order valence-corrected chi connectivity index (χ2v) is 5.93. The van der Waals surface area contributed by atoms with Gasteiger partial charge in [-0.15, -0.1) is 11.6 Å². The smallest absolute Gasteiger partial charge is 0.111 e. The van der Waals surface area contributed by atoms with Crippen LogP contribution >= 0.6 is 23.2 Å². The molecule has 3 nitrogen and oxygen atoms in total. The highest BCUT2D eigenvalue weighted by Gasteiger charge is 2.33. The van der Waals surface area contributed by atoms with E-state index in [9.17, 15) is 0 Å². The van der Waals surface area contributed by atoms with E-state index < -0.39 is 0 Å². The summed E-state index contributed by atoms with van der Waals surface area (Å²) in [6.45, 7) is 2.81. The maximum absolute atomic E-state index is 6.37. The van der Waals surface area contributed by atoms with Gasteiger partial charge in [-0.05, 0) is 31.9 Å². The number of halogens is 2. The van der Waals surface area contributed by atoms with Crippen molar-refractivity contribution >= 4 is 34.2 Å². The van der Waals surface area contributed by atoms with E-state index in [0.717, 1.165) is 47.7 Å². The molecule has 1 aromatic heterocycles. The third-order valence-corrected chi connectivity index (χ3v) is 4.38. The zero-order chi connectivity index (χ0) is 14.1. The van der Waals surface area contributed by atoms with E-state index in [2.05, 4.69) is 4.57 Å². The van der Waals surface area contributed by atoms with Crippen molar-refractivity contribution in [3.63, 3.8) is 0 Å². The average Bonchev–Trinajstić information content (AvgIpc) is 2.73. The quantitative estimate of drug-likeness (QED) is 0.773. The number of ether oxygens (including phenoxy) is 1. The van der Waals surface area contributed by atoms with Crippen LogP contribution in [0.3, 0.4) is 0 Å². The van der Waals surface area contributed by atoms with Crippen molar-refractivity contribution in [2.75, 3.05) is 12.5 Å². The van der Waals surface area contributed by atoms with Crippen LogP contribution in [0.5, 0.6) is 0 Å². The molecule has 2 aromatic rings. The molecule has 0 amide bonds. The predicted molar refractivity (Wildman–Crippen MR) is 82.9 cm³/mol. The highest BCUT2D eigenvalue weighted by molar-refractivity contribution is 6.35. The second kappa shape index (κ2) is 5.92. The minimum absolute atomic E-state index is 0.369. The first-order valence-electron chi connectivity index (χ1n) is 7.07. The molecule has 1 aliphatic carbocycles. The number of alkyl halides is 1. The first-order chi connectivity index (χ1) is 9.74. The summed E-state index contributed by atoms with van der Waals surface area (Å²) in [5, 5.41) is 0.760. The van der Waals surface area contributed by atoms with Crippen molar-refractivity contribution in [3.8, 4) is 0 Å². The molecule has 1 aromatic carbocycles. The lowest BCUT2D eigenvalue weighted by molar-refractivity contribution is -0.0192. The molecule has 0 bridgehead atoms. The van der Waals surface area contributed by atoms with Gasteiger partial charge in [-0.1, -0.05) is 17.7 Å². The monoisotopic (exact) mass is 312 g/mol. The number of fused-ring (bicyclic) bond motifs is 1. The number of para-hydroxylation sites is 1. The van der Waals surface area contributed by atoms with Crippen LogP contribution in [-0.4, -0.2) is 28.1 Å². The summed E-state index contributed by atoms with van der Waals surface area (Å²) in [5.74, 6) is 1.60. The molecule has 0 N–H and O–H groups in total. The molecule has 1 heterocycles. The second-order valence-electron chi connectivity index (χ2n) is 5.15. The van der Waals surface area contributed by atoms with Crippen LogP contribution < -0.4 is 0 Å². The zero-order valence-electron chi connectivity index (χ0n) is 11.5. The molecule has 0 spiro atoms. The number of aryl methyl sites for hydroxylation is 1. The summed E-state index contributed by atoms with van der Waals surface area (Å²) < 4.78 is 7.93. The van der Waals surface area contributed by atoms with Gasteiger partial charge in [-0.3, -0.25) is 0 Å². The average molecular weight is 313 g/mol. The number of nitrogens with zero attached hydrogens (tertiary/aromatic N) is 2. The highest BCUT2D eigenvalue weighted by Crippen LogP contribution is 2.39. The van der Waals surface area contributed by atoms with Crippen molar-refractivity contribution in [1.82, 2.24) is 9.55 Å². The molecular formula is C15H18Cl2N2O. The van der Waals surface area contributed by atoms with Crippen LogP contribution in [0.4, 0.5) is 0 Å². The summed E-state index contributed by atoms with van der Waals surface area (Å²) in [7, 11) is 0. The molecule has 5 heteroatoms. The van der Waals surface area contributed by atoms with Crippen LogP contribution in [0.2, 0.25) is 5.02 Å². The van der Waals surface area contributed by atoms with E-state index in [-0.39, 0.29) is 0 Å². The van der Waals surface area contributed by atoms with Gasteiger partial charge in [0.1, 0.15) is 5.82 Å². The third-order valence-electron chi connectivity index (χ3n) is 3.89. The Labute approximate surface area is 128 Å². The van der Waals surface area contributed by atoms with E-state index in [1.54, 1.807) is 0 Å². The lowest BCUT2D eigenvalue weighted by atomic mass is 9.88. The Hall–Kier alpha value is -0.770. The fraction of sp³-hybridized carbons (Fsp3) is 0.533. The van der Waals surface area contributed by atoms with Crippen molar-refractivity contribution in [3.05, 3.63) is 29.0 Å². The van der Waals surface area contributed by atoms with Crippen LogP contribution in [-0.2, 0) is 11.2 Å². The SMILES string of the molecule is CCOC1CC(n2c(CCCl)nc3cccc(Cl)c32)C1. The highest BCUT2D eigenvalue weighted by atomic mass is 35.5. The molecular weight excluding hydrogens is 295 g/mol.